The Kier molecular flexibility index (Phi) is 3.69. The summed E-state index contributed by atoms with van der Waals surface area (Å²) in [4.78, 5) is 17.9. The van der Waals surface area contributed by atoms with Gasteiger partial charge in [-0.25, -0.2) is 14.8 Å². The normalized spacial score (nSPS) is 11.9. The number of halogens is 3. The van der Waals surface area contributed by atoms with Crippen molar-refractivity contribution in [1.29, 1.82) is 0 Å². The first-order valence-corrected chi connectivity index (χ1v) is 4.86. The zero-order chi connectivity index (χ0) is 13.2. The second kappa shape index (κ2) is 4.68. The van der Waals surface area contributed by atoms with Crippen molar-refractivity contribution in [3.8, 4) is 0 Å². The van der Waals surface area contributed by atoms with Crippen LogP contribution in [0.1, 0.15) is 41.6 Å². The predicted octanol–water partition coefficient (Wildman–Crippen LogP) is 2.40. The molecule has 0 atom stereocenters. The Hall–Kier alpha value is -1.66. The summed E-state index contributed by atoms with van der Waals surface area (Å²) in [5.41, 5.74) is -0.0438. The lowest BCUT2D eigenvalue weighted by Gasteiger charge is -2.11. The third kappa shape index (κ3) is 3.69. The van der Waals surface area contributed by atoms with E-state index in [1.807, 2.05) is 0 Å². The van der Waals surface area contributed by atoms with Gasteiger partial charge in [-0.05, 0) is 5.92 Å². The number of carbonyl (C=O) groups is 1. The molecule has 1 rings (SSSR count). The molecule has 7 heteroatoms. The number of carboxylic acids is 1. The maximum atomic E-state index is 12.1. The Bertz CT molecular complexity index is 430. The highest BCUT2D eigenvalue weighted by atomic mass is 19.4. The molecule has 0 spiro atoms. The van der Waals surface area contributed by atoms with Crippen molar-refractivity contribution >= 4 is 5.97 Å². The summed E-state index contributed by atoms with van der Waals surface area (Å²) >= 11 is 0. The zero-order valence-electron chi connectivity index (χ0n) is 9.25. The van der Waals surface area contributed by atoms with Gasteiger partial charge >= 0.3 is 12.1 Å². The van der Waals surface area contributed by atoms with Gasteiger partial charge in [0.2, 0.25) is 0 Å². The number of aromatic nitrogens is 2. The Labute approximate surface area is 95.5 Å². The third-order valence-corrected chi connectivity index (χ3v) is 2.00. The number of hydrogen-bond acceptors (Lipinski definition) is 3. The van der Waals surface area contributed by atoms with Gasteiger partial charge in [0, 0.05) is 6.20 Å². The highest BCUT2D eigenvalue weighted by Crippen LogP contribution is 2.22. The molecule has 0 amide bonds. The average Bonchev–Trinajstić information content (AvgIpc) is 2.14. The van der Waals surface area contributed by atoms with Crippen molar-refractivity contribution in [3.05, 3.63) is 23.3 Å². The standard InChI is InChI=1S/C10H11F3N2O2/c1-5(2)8-6(9(16)17)4-14-7(15-8)3-10(11,12)13/h4-5H,3H2,1-2H3,(H,16,17). The highest BCUT2D eigenvalue weighted by Gasteiger charge is 2.30. The minimum absolute atomic E-state index is 0.117. The first-order valence-electron chi connectivity index (χ1n) is 4.86. The van der Waals surface area contributed by atoms with Gasteiger partial charge in [0.1, 0.15) is 12.2 Å². The van der Waals surface area contributed by atoms with Crippen LogP contribution in [0.3, 0.4) is 0 Å². The summed E-state index contributed by atoms with van der Waals surface area (Å²) < 4.78 is 36.4. The van der Waals surface area contributed by atoms with E-state index < -0.39 is 24.4 Å². The van der Waals surface area contributed by atoms with Crippen LogP contribution in [0.15, 0.2) is 6.20 Å². The van der Waals surface area contributed by atoms with E-state index in [9.17, 15) is 18.0 Å². The summed E-state index contributed by atoms with van der Waals surface area (Å²) in [6.45, 7) is 3.32. The Morgan fingerprint density at radius 2 is 2.06 bits per heavy atom. The topological polar surface area (TPSA) is 63.1 Å². The number of aromatic carboxylic acids is 1. The number of alkyl halides is 3. The number of nitrogens with zero attached hydrogens (tertiary/aromatic N) is 2. The smallest absolute Gasteiger partial charge is 0.396 e. The Morgan fingerprint density at radius 1 is 1.47 bits per heavy atom. The van der Waals surface area contributed by atoms with Crippen LogP contribution in [0.2, 0.25) is 0 Å². The molecule has 1 aromatic heterocycles. The monoisotopic (exact) mass is 248 g/mol. The molecule has 17 heavy (non-hydrogen) atoms. The first kappa shape index (κ1) is 13.4. The first-order chi connectivity index (χ1) is 7.70. The van der Waals surface area contributed by atoms with Crippen molar-refractivity contribution in [2.45, 2.75) is 32.4 Å². The van der Waals surface area contributed by atoms with Crippen LogP contribution in [0, 0.1) is 0 Å². The quantitative estimate of drug-likeness (QED) is 0.892. The van der Waals surface area contributed by atoms with Gasteiger partial charge in [-0.2, -0.15) is 13.2 Å². The molecule has 0 saturated heterocycles. The highest BCUT2D eigenvalue weighted by molar-refractivity contribution is 5.88. The van der Waals surface area contributed by atoms with Crippen LogP contribution in [-0.4, -0.2) is 27.2 Å². The molecule has 1 heterocycles. The third-order valence-electron chi connectivity index (χ3n) is 2.00. The van der Waals surface area contributed by atoms with Crippen molar-refractivity contribution in [2.24, 2.45) is 0 Å². The number of rotatable bonds is 3. The molecule has 0 bridgehead atoms. The summed E-state index contributed by atoms with van der Waals surface area (Å²) in [7, 11) is 0. The molecule has 0 aliphatic heterocycles. The van der Waals surface area contributed by atoms with E-state index in [2.05, 4.69) is 9.97 Å². The average molecular weight is 248 g/mol. The van der Waals surface area contributed by atoms with E-state index in [1.54, 1.807) is 13.8 Å². The Morgan fingerprint density at radius 3 is 2.47 bits per heavy atom. The molecule has 1 aromatic rings. The molecule has 0 unspecified atom stereocenters. The molecule has 0 saturated carbocycles. The molecule has 0 aliphatic rings. The fraction of sp³-hybridized carbons (Fsp3) is 0.500. The summed E-state index contributed by atoms with van der Waals surface area (Å²) in [6.07, 6.45) is -4.74. The maximum absolute atomic E-state index is 12.1. The predicted molar refractivity (Wildman–Crippen MR) is 52.8 cm³/mol. The molecular weight excluding hydrogens is 237 g/mol. The summed E-state index contributed by atoms with van der Waals surface area (Å²) in [5.74, 6) is -1.94. The van der Waals surface area contributed by atoms with Crippen LogP contribution < -0.4 is 0 Å². The second-order valence-electron chi connectivity index (χ2n) is 3.84. The van der Waals surface area contributed by atoms with Gasteiger partial charge in [-0.3, -0.25) is 0 Å². The lowest BCUT2D eigenvalue weighted by atomic mass is 10.1. The van der Waals surface area contributed by atoms with Crippen LogP contribution >= 0.6 is 0 Å². The minimum atomic E-state index is -4.40. The van der Waals surface area contributed by atoms with E-state index in [0.29, 0.717) is 0 Å². The van der Waals surface area contributed by atoms with Crippen LogP contribution in [0.5, 0.6) is 0 Å². The molecule has 94 valence electrons. The largest absolute Gasteiger partial charge is 0.478 e. The molecule has 4 nitrogen and oxygen atoms in total. The zero-order valence-corrected chi connectivity index (χ0v) is 9.25. The van der Waals surface area contributed by atoms with E-state index in [4.69, 9.17) is 5.11 Å². The second-order valence-corrected chi connectivity index (χ2v) is 3.84. The van der Waals surface area contributed by atoms with E-state index >= 15 is 0 Å². The van der Waals surface area contributed by atoms with Gasteiger partial charge in [0.25, 0.3) is 0 Å². The van der Waals surface area contributed by atoms with Gasteiger partial charge in [-0.15, -0.1) is 0 Å². The molecule has 0 aromatic carbocycles. The van der Waals surface area contributed by atoms with Crippen LogP contribution in [0.25, 0.3) is 0 Å². The fourth-order valence-corrected chi connectivity index (χ4v) is 1.30. The van der Waals surface area contributed by atoms with E-state index in [0.717, 1.165) is 6.20 Å². The molecule has 1 N–H and O–H groups in total. The molecular formula is C10H11F3N2O2. The summed E-state index contributed by atoms with van der Waals surface area (Å²) in [5, 5.41) is 8.84. The lowest BCUT2D eigenvalue weighted by molar-refractivity contribution is -0.128. The van der Waals surface area contributed by atoms with Gasteiger partial charge in [-0.1, -0.05) is 13.8 Å². The molecule has 0 radical (unpaired) electrons. The molecule has 0 fully saturated rings. The van der Waals surface area contributed by atoms with Gasteiger partial charge in [0.15, 0.2) is 0 Å². The maximum Gasteiger partial charge on any atom is 0.396 e. The lowest BCUT2D eigenvalue weighted by Crippen LogP contribution is -2.17. The van der Waals surface area contributed by atoms with Gasteiger partial charge in [0.05, 0.1) is 11.3 Å². The van der Waals surface area contributed by atoms with E-state index in [1.165, 1.54) is 0 Å². The van der Waals surface area contributed by atoms with Crippen molar-refractivity contribution in [3.63, 3.8) is 0 Å². The number of hydrogen-bond donors (Lipinski definition) is 1. The van der Waals surface area contributed by atoms with Crippen LogP contribution in [0.4, 0.5) is 13.2 Å². The van der Waals surface area contributed by atoms with Crippen molar-refractivity contribution in [1.82, 2.24) is 9.97 Å². The molecule has 0 aliphatic carbocycles. The van der Waals surface area contributed by atoms with Crippen molar-refractivity contribution < 1.29 is 23.1 Å². The SMILES string of the molecule is CC(C)c1nc(CC(F)(F)F)ncc1C(=O)O. The van der Waals surface area contributed by atoms with Crippen LogP contribution in [-0.2, 0) is 6.42 Å². The Balaban J connectivity index is 3.15. The minimum Gasteiger partial charge on any atom is -0.478 e. The van der Waals surface area contributed by atoms with Crippen molar-refractivity contribution in [2.75, 3.05) is 0 Å². The fourth-order valence-electron chi connectivity index (χ4n) is 1.30. The summed E-state index contributed by atoms with van der Waals surface area (Å²) in [6, 6.07) is 0. The van der Waals surface area contributed by atoms with Gasteiger partial charge < -0.3 is 5.11 Å². The number of carboxylic acid groups (broad SMARTS) is 1. The van der Waals surface area contributed by atoms with E-state index in [-0.39, 0.29) is 17.2 Å².